The van der Waals surface area contributed by atoms with Crippen molar-refractivity contribution in [2.45, 2.75) is 51.9 Å². The molecule has 5 heteroatoms. The average Bonchev–Trinajstić information content (AvgIpc) is 2.54. The zero-order chi connectivity index (χ0) is 14.4. The lowest BCUT2D eigenvalue weighted by molar-refractivity contribution is 0.00578. The standard InChI is InChI=1S/C15H23BN2O2/c1-14(2)15(3,4)20-16(19-14)12-7-5-8-17-13(12)11-18-9-6-10-18/h5,7-8H,6,9-11H2,1-4H3. The van der Waals surface area contributed by atoms with Crippen molar-refractivity contribution in [1.82, 2.24) is 9.88 Å². The van der Waals surface area contributed by atoms with E-state index in [9.17, 15) is 0 Å². The molecule has 2 saturated heterocycles. The highest BCUT2D eigenvalue weighted by molar-refractivity contribution is 6.62. The molecule has 0 bridgehead atoms. The predicted molar refractivity (Wildman–Crippen MR) is 79.8 cm³/mol. The second-order valence-corrected chi connectivity index (χ2v) is 6.76. The van der Waals surface area contributed by atoms with Gasteiger partial charge < -0.3 is 9.31 Å². The first-order chi connectivity index (χ1) is 9.39. The van der Waals surface area contributed by atoms with Crippen LogP contribution in [0.5, 0.6) is 0 Å². The summed E-state index contributed by atoms with van der Waals surface area (Å²) in [6.07, 6.45) is 3.14. The summed E-state index contributed by atoms with van der Waals surface area (Å²) >= 11 is 0. The number of pyridine rings is 1. The van der Waals surface area contributed by atoms with Gasteiger partial charge in [-0.05, 0) is 53.3 Å². The summed E-state index contributed by atoms with van der Waals surface area (Å²) in [5.41, 5.74) is 1.53. The molecule has 0 aromatic carbocycles. The lowest BCUT2D eigenvalue weighted by Crippen LogP contribution is -2.42. The normalized spacial score (nSPS) is 24.7. The van der Waals surface area contributed by atoms with E-state index >= 15 is 0 Å². The molecular weight excluding hydrogens is 251 g/mol. The maximum Gasteiger partial charge on any atom is 0.496 e. The molecule has 1 aromatic heterocycles. The molecule has 0 amide bonds. The first kappa shape index (κ1) is 14.0. The van der Waals surface area contributed by atoms with Crippen LogP contribution >= 0.6 is 0 Å². The molecule has 0 unspecified atom stereocenters. The van der Waals surface area contributed by atoms with Crippen LogP contribution in [-0.2, 0) is 15.9 Å². The highest BCUT2D eigenvalue weighted by atomic mass is 16.7. The molecule has 3 heterocycles. The molecule has 0 spiro atoms. The van der Waals surface area contributed by atoms with Crippen LogP contribution in [0.4, 0.5) is 0 Å². The fraction of sp³-hybridized carbons (Fsp3) is 0.667. The predicted octanol–water partition coefficient (Wildman–Crippen LogP) is 1.59. The Morgan fingerprint density at radius 3 is 2.40 bits per heavy atom. The summed E-state index contributed by atoms with van der Waals surface area (Å²) in [6, 6.07) is 4.03. The van der Waals surface area contributed by atoms with Gasteiger partial charge in [-0.1, -0.05) is 6.07 Å². The number of nitrogens with zero attached hydrogens (tertiary/aromatic N) is 2. The minimum Gasteiger partial charge on any atom is -0.399 e. The molecule has 2 fully saturated rings. The van der Waals surface area contributed by atoms with Crippen LogP contribution in [0, 0.1) is 0 Å². The van der Waals surface area contributed by atoms with Gasteiger partial charge in [0.2, 0.25) is 0 Å². The van der Waals surface area contributed by atoms with E-state index in [2.05, 4.69) is 43.6 Å². The van der Waals surface area contributed by atoms with Crippen molar-refractivity contribution < 1.29 is 9.31 Å². The highest BCUT2D eigenvalue weighted by Crippen LogP contribution is 2.36. The third kappa shape index (κ3) is 2.38. The molecule has 1 aromatic rings. The van der Waals surface area contributed by atoms with E-state index < -0.39 is 0 Å². The van der Waals surface area contributed by atoms with E-state index in [1.54, 1.807) is 0 Å². The Hall–Kier alpha value is -0.905. The molecule has 0 atom stereocenters. The quantitative estimate of drug-likeness (QED) is 0.784. The van der Waals surface area contributed by atoms with Gasteiger partial charge in [-0.3, -0.25) is 9.88 Å². The van der Waals surface area contributed by atoms with E-state index in [0.717, 1.165) is 17.7 Å². The van der Waals surface area contributed by atoms with Gasteiger partial charge >= 0.3 is 7.12 Å². The molecule has 0 radical (unpaired) electrons. The molecule has 2 aliphatic heterocycles. The molecule has 0 aliphatic carbocycles. The van der Waals surface area contributed by atoms with E-state index in [-0.39, 0.29) is 18.3 Å². The summed E-state index contributed by atoms with van der Waals surface area (Å²) in [4.78, 5) is 6.94. The van der Waals surface area contributed by atoms with Gasteiger partial charge in [0.1, 0.15) is 0 Å². The van der Waals surface area contributed by atoms with Crippen molar-refractivity contribution in [1.29, 1.82) is 0 Å². The van der Waals surface area contributed by atoms with Crippen LogP contribution < -0.4 is 5.46 Å². The third-order valence-electron chi connectivity index (χ3n) is 4.75. The lowest BCUT2D eigenvalue weighted by Gasteiger charge is -2.32. The molecular formula is C15H23BN2O2. The van der Waals surface area contributed by atoms with Gasteiger partial charge in [0.05, 0.1) is 16.9 Å². The van der Waals surface area contributed by atoms with E-state index in [1.165, 1.54) is 19.5 Å². The first-order valence-electron chi connectivity index (χ1n) is 7.41. The third-order valence-corrected chi connectivity index (χ3v) is 4.75. The van der Waals surface area contributed by atoms with E-state index in [1.807, 2.05) is 12.3 Å². The molecule has 108 valence electrons. The smallest absolute Gasteiger partial charge is 0.399 e. The molecule has 20 heavy (non-hydrogen) atoms. The van der Waals surface area contributed by atoms with Crippen molar-refractivity contribution in [2.75, 3.05) is 13.1 Å². The van der Waals surface area contributed by atoms with E-state index in [0.29, 0.717) is 0 Å². The Bertz CT molecular complexity index is 484. The zero-order valence-electron chi connectivity index (χ0n) is 12.8. The van der Waals surface area contributed by atoms with E-state index in [4.69, 9.17) is 9.31 Å². The SMILES string of the molecule is CC1(C)OB(c2cccnc2CN2CCC2)OC1(C)C. The van der Waals surface area contributed by atoms with Crippen LogP contribution in [0.25, 0.3) is 0 Å². The van der Waals surface area contributed by atoms with Crippen LogP contribution in [-0.4, -0.2) is 41.3 Å². The Balaban J connectivity index is 1.84. The monoisotopic (exact) mass is 274 g/mol. The van der Waals surface area contributed by atoms with Gasteiger partial charge in [0, 0.05) is 18.2 Å². The number of aromatic nitrogens is 1. The largest absolute Gasteiger partial charge is 0.496 e. The molecule has 0 N–H and O–H groups in total. The second-order valence-electron chi connectivity index (χ2n) is 6.76. The first-order valence-corrected chi connectivity index (χ1v) is 7.41. The minimum absolute atomic E-state index is 0.304. The Kier molecular flexibility index (Phi) is 3.39. The number of hydrogen-bond donors (Lipinski definition) is 0. The topological polar surface area (TPSA) is 34.6 Å². The van der Waals surface area contributed by atoms with Crippen LogP contribution in [0.15, 0.2) is 18.3 Å². The van der Waals surface area contributed by atoms with Crippen molar-refractivity contribution in [2.24, 2.45) is 0 Å². The van der Waals surface area contributed by atoms with Crippen molar-refractivity contribution >= 4 is 12.6 Å². The van der Waals surface area contributed by atoms with Gasteiger partial charge in [0.15, 0.2) is 0 Å². The van der Waals surface area contributed by atoms with Gasteiger partial charge in [-0.2, -0.15) is 0 Å². The summed E-state index contributed by atoms with van der Waals surface area (Å²) in [5.74, 6) is 0. The summed E-state index contributed by atoms with van der Waals surface area (Å²) in [6.45, 7) is 11.5. The molecule has 3 rings (SSSR count). The fourth-order valence-electron chi connectivity index (χ4n) is 2.52. The molecule has 2 aliphatic rings. The fourth-order valence-corrected chi connectivity index (χ4v) is 2.52. The van der Waals surface area contributed by atoms with Crippen molar-refractivity contribution in [3.05, 3.63) is 24.0 Å². The minimum atomic E-state index is -0.315. The summed E-state index contributed by atoms with van der Waals surface area (Å²) < 4.78 is 12.3. The summed E-state index contributed by atoms with van der Waals surface area (Å²) in [7, 11) is -0.315. The Labute approximate surface area is 121 Å². The summed E-state index contributed by atoms with van der Waals surface area (Å²) in [5, 5.41) is 0. The van der Waals surface area contributed by atoms with Gasteiger partial charge in [0.25, 0.3) is 0 Å². The van der Waals surface area contributed by atoms with Crippen molar-refractivity contribution in [3.8, 4) is 0 Å². The molecule has 0 saturated carbocycles. The number of hydrogen-bond acceptors (Lipinski definition) is 4. The maximum atomic E-state index is 6.14. The van der Waals surface area contributed by atoms with Gasteiger partial charge in [-0.15, -0.1) is 0 Å². The maximum absolute atomic E-state index is 6.14. The van der Waals surface area contributed by atoms with Crippen LogP contribution in [0.1, 0.15) is 39.8 Å². The van der Waals surface area contributed by atoms with Crippen molar-refractivity contribution in [3.63, 3.8) is 0 Å². The Morgan fingerprint density at radius 1 is 1.20 bits per heavy atom. The van der Waals surface area contributed by atoms with Gasteiger partial charge in [-0.25, -0.2) is 0 Å². The lowest BCUT2D eigenvalue weighted by atomic mass is 9.77. The number of rotatable bonds is 3. The Morgan fingerprint density at radius 2 is 1.85 bits per heavy atom. The van der Waals surface area contributed by atoms with Crippen LogP contribution in [0.2, 0.25) is 0 Å². The molecule has 4 nitrogen and oxygen atoms in total. The second kappa shape index (κ2) is 4.83. The highest BCUT2D eigenvalue weighted by Gasteiger charge is 2.52. The van der Waals surface area contributed by atoms with Crippen LogP contribution in [0.3, 0.4) is 0 Å². The number of likely N-dealkylation sites (tertiary alicyclic amines) is 1. The average molecular weight is 274 g/mol. The zero-order valence-corrected chi connectivity index (χ0v) is 12.8.